The highest BCUT2D eigenvalue weighted by Crippen LogP contribution is 2.21. The lowest BCUT2D eigenvalue weighted by atomic mass is 10.1. The van der Waals surface area contributed by atoms with Gasteiger partial charge in [0.1, 0.15) is 11.8 Å². The van der Waals surface area contributed by atoms with Gasteiger partial charge in [-0.2, -0.15) is 5.26 Å². The first-order valence-electron chi connectivity index (χ1n) is 7.31. The molecule has 4 heteroatoms. The third kappa shape index (κ3) is 3.04. The summed E-state index contributed by atoms with van der Waals surface area (Å²) in [4.78, 5) is 0. The minimum absolute atomic E-state index is 0.380. The molecule has 3 aromatic rings. The zero-order valence-electron chi connectivity index (χ0n) is 12.2. The van der Waals surface area contributed by atoms with Crippen LogP contribution in [0.25, 0.3) is 11.3 Å². The molecule has 0 bridgehead atoms. The summed E-state index contributed by atoms with van der Waals surface area (Å²) in [6.45, 7) is 0.744. The van der Waals surface area contributed by atoms with Gasteiger partial charge in [-0.1, -0.05) is 65.9 Å². The second kappa shape index (κ2) is 6.68. The topological polar surface area (TPSA) is 54.5 Å². The average molecular weight is 288 g/mol. The van der Waals surface area contributed by atoms with Gasteiger partial charge in [0.15, 0.2) is 5.69 Å². The van der Waals surface area contributed by atoms with Crippen molar-refractivity contribution in [3.63, 3.8) is 0 Å². The maximum absolute atomic E-state index is 9.23. The van der Waals surface area contributed by atoms with Gasteiger partial charge in [-0.3, -0.25) is 0 Å². The van der Waals surface area contributed by atoms with Gasteiger partial charge < -0.3 is 0 Å². The van der Waals surface area contributed by atoms with E-state index in [0.29, 0.717) is 5.69 Å². The third-order valence-corrected chi connectivity index (χ3v) is 3.57. The van der Waals surface area contributed by atoms with E-state index >= 15 is 0 Å². The molecule has 0 unspecified atom stereocenters. The summed E-state index contributed by atoms with van der Waals surface area (Å²) in [5, 5.41) is 17.4. The predicted molar refractivity (Wildman–Crippen MR) is 84.9 cm³/mol. The molecule has 3 rings (SSSR count). The third-order valence-electron chi connectivity index (χ3n) is 3.57. The van der Waals surface area contributed by atoms with Crippen LogP contribution >= 0.6 is 0 Å². The van der Waals surface area contributed by atoms with Crippen molar-refractivity contribution in [2.75, 3.05) is 0 Å². The van der Waals surface area contributed by atoms with Crippen LogP contribution in [0, 0.1) is 11.3 Å². The van der Waals surface area contributed by atoms with Crippen LogP contribution in [0.2, 0.25) is 0 Å². The van der Waals surface area contributed by atoms with Crippen LogP contribution in [0.4, 0.5) is 0 Å². The molecule has 0 saturated carbocycles. The van der Waals surface area contributed by atoms with E-state index in [2.05, 4.69) is 28.5 Å². The Morgan fingerprint density at radius 3 is 2.32 bits per heavy atom. The minimum atomic E-state index is 0.380. The van der Waals surface area contributed by atoms with Gasteiger partial charge in [-0.05, 0) is 18.4 Å². The van der Waals surface area contributed by atoms with Crippen molar-refractivity contribution in [3.05, 3.63) is 71.9 Å². The first-order valence-corrected chi connectivity index (χ1v) is 7.31. The molecule has 0 saturated heterocycles. The van der Waals surface area contributed by atoms with E-state index in [1.165, 1.54) is 5.56 Å². The van der Waals surface area contributed by atoms with Crippen molar-refractivity contribution >= 4 is 0 Å². The molecule has 0 radical (unpaired) electrons. The number of hydrogen-bond donors (Lipinski definition) is 0. The van der Waals surface area contributed by atoms with Crippen molar-refractivity contribution < 1.29 is 0 Å². The molecule has 108 valence electrons. The van der Waals surface area contributed by atoms with Gasteiger partial charge in [0.05, 0.1) is 0 Å². The molecular weight excluding hydrogens is 272 g/mol. The number of hydrogen-bond acceptors (Lipinski definition) is 3. The highest BCUT2D eigenvalue weighted by atomic mass is 15.4. The zero-order valence-corrected chi connectivity index (χ0v) is 12.2. The Kier molecular flexibility index (Phi) is 4.26. The van der Waals surface area contributed by atoms with Crippen molar-refractivity contribution in [2.45, 2.75) is 19.4 Å². The summed E-state index contributed by atoms with van der Waals surface area (Å²) in [5.74, 6) is 0. The zero-order chi connectivity index (χ0) is 15.2. The quantitative estimate of drug-likeness (QED) is 0.722. The van der Waals surface area contributed by atoms with Crippen LogP contribution in [0.1, 0.15) is 17.7 Å². The Hall–Kier alpha value is -2.93. The second-order valence-corrected chi connectivity index (χ2v) is 5.08. The SMILES string of the molecule is N#Cc1nnn(CCCc2ccccc2)c1-c1ccccc1. The molecule has 4 nitrogen and oxygen atoms in total. The largest absolute Gasteiger partial charge is 0.243 e. The molecule has 0 amide bonds. The monoisotopic (exact) mass is 288 g/mol. The van der Waals surface area contributed by atoms with Gasteiger partial charge in [0.25, 0.3) is 0 Å². The fraction of sp³-hybridized carbons (Fsp3) is 0.167. The Labute approximate surface area is 129 Å². The van der Waals surface area contributed by atoms with Crippen LogP contribution < -0.4 is 0 Å². The molecular formula is C18H16N4. The van der Waals surface area contributed by atoms with Gasteiger partial charge in [-0.15, -0.1) is 5.10 Å². The fourth-order valence-electron chi connectivity index (χ4n) is 2.50. The van der Waals surface area contributed by atoms with Gasteiger partial charge >= 0.3 is 0 Å². The molecule has 0 fully saturated rings. The summed E-state index contributed by atoms with van der Waals surface area (Å²) in [7, 11) is 0. The van der Waals surface area contributed by atoms with Crippen molar-refractivity contribution in [1.82, 2.24) is 15.0 Å². The highest BCUT2D eigenvalue weighted by molar-refractivity contribution is 5.64. The van der Waals surface area contributed by atoms with Crippen LogP contribution in [0.3, 0.4) is 0 Å². The first-order chi connectivity index (χ1) is 10.9. The lowest BCUT2D eigenvalue weighted by Crippen LogP contribution is -2.04. The van der Waals surface area contributed by atoms with Crippen LogP contribution in [0.15, 0.2) is 60.7 Å². The summed E-state index contributed by atoms with van der Waals surface area (Å²) < 4.78 is 1.83. The molecule has 0 aliphatic carbocycles. The number of benzene rings is 2. The number of nitrogens with zero attached hydrogens (tertiary/aromatic N) is 4. The molecule has 1 heterocycles. The van der Waals surface area contributed by atoms with E-state index in [9.17, 15) is 5.26 Å². The molecule has 0 aliphatic rings. The summed E-state index contributed by atoms with van der Waals surface area (Å²) in [5.41, 5.74) is 3.47. The van der Waals surface area contributed by atoms with Crippen LogP contribution in [-0.4, -0.2) is 15.0 Å². The maximum atomic E-state index is 9.23. The first kappa shape index (κ1) is 14.0. The Bertz CT molecular complexity index is 770. The lowest BCUT2D eigenvalue weighted by Gasteiger charge is -2.07. The lowest BCUT2D eigenvalue weighted by molar-refractivity contribution is 0.563. The average Bonchev–Trinajstić information content (AvgIpc) is 2.99. The number of aromatic nitrogens is 3. The van der Waals surface area contributed by atoms with E-state index in [-0.39, 0.29) is 0 Å². The van der Waals surface area contributed by atoms with Crippen molar-refractivity contribution in [1.29, 1.82) is 5.26 Å². The van der Waals surface area contributed by atoms with E-state index in [4.69, 9.17) is 0 Å². The summed E-state index contributed by atoms with van der Waals surface area (Å²) in [6.07, 6.45) is 1.94. The van der Waals surface area contributed by atoms with E-state index in [1.807, 2.05) is 53.2 Å². The van der Waals surface area contributed by atoms with Gasteiger partial charge in [-0.25, -0.2) is 4.68 Å². The summed E-state index contributed by atoms with van der Waals surface area (Å²) in [6, 6.07) is 22.3. The summed E-state index contributed by atoms with van der Waals surface area (Å²) >= 11 is 0. The van der Waals surface area contributed by atoms with Gasteiger partial charge in [0, 0.05) is 12.1 Å². The van der Waals surface area contributed by atoms with E-state index in [0.717, 1.165) is 30.6 Å². The molecule has 22 heavy (non-hydrogen) atoms. The maximum Gasteiger partial charge on any atom is 0.190 e. The van der Waals surface area contributed by atoms with Crippen LogP contribution in [0.5, 0.6) is 0 Å². The number of nitriles is 1. The molecule has 1 aromatic heterocycles. The molecule has 0 aliphatic heterocycles. The van der Waals surface area contributed by atoms with Gasteiger partial charge in [0.2, 0.25) is 0 Å². The Morgan fingerprint density at radius 2 is 1.64 bits per heavy atom. The normalized spacial score (nSPS) is 10.3. The predicted octanol–water partition coefficient (Wildman–Crippen LogP) is 3.45. The van der Waals surface area contributed by atoms with E-state index < -0.39 is 0 Å². The Morgan fingerprint density at radius 1 is 0.955 bits per heavy atom. The molecule has 0 atom stereocenters. The smallest absolute Gasteiger partial charge is 0.190 e. The molecule has 0 N–H and O–H groups in total. The Balaban J connectivity index is 1.77. The van der Waals surface area contributed by atoms with E-state index in [1.54, 1.807) is 0 Å². The molecule has 0 spiro atoms. The number of aryl methyl sites for hydroxylation is 2. The minimum Gasteiger partial charge on any atom is -0.243 e. The number of rotatable bonds is 5. The van der Waals surface area contributed by atoms with Crippen LogP contribution in [-0.2, 0) is 13.0 Å². The fourth-order valence-corrected chi connectivity index (χ4v) is 2.50. The highest BCUT2D eigenvalue weighted by Gasteiger charge is 2.14. The second-order valence-electron chi connectivity index (χ2n) is 5.08. The van der Waals surface area contributed by atoms with Crippen molar-refractivity contribution in [3.8, 4) is 17.3 Å². The standard InChI is InChI=1S/C18H16N4/c19-14-17-18(16-11-5-2-6-12-16)22(21-20-17)13-7-10-15-8-3-1-4-9-15/h1-6,8-9,11-12H,7,10,13H2. The van der Waals surface area contributed by atoms with Crippen molar-refractivity contribution in [2.24, 2.45) is 0 Å². The molecule has 2 aromatic carbocycles.